The molecule has 3 aromatic rings. The van der Waals surface area contributed by atoms with Crippen molar-refractivity contribution in [2.24, 2.45) is 0 Å². The predicted molar refractivity (Wildman–Crippen MR) is 130 cm³/mol. The van der Waals surface area contributed by atoms with Gasteiger partial charge in [-0.2, -0.15) is 13.2 Å². The highest BCUT2D eigenvalue weighted by Gasteiger charge is 2.37. The fourth-order valence-electron chi connectivity index (χ4n) is 4.59. The van der Waals surface area contributed by atoms with Crippen molar-refractivity contribution in [3.63, 3.8) is 0 Å². The number of carbonyl (C=O) groups is 1. The van der Waals surface area contributed by atoms with Crippen molar-refractivity contribution < 1.29 is 22.4 Å². The summed E-state index contributed by atoms with van der Waals surface area (Å²) in [5.74, 6) is -0.180. The Morgan fingerprint density at radius 3 is 2.31 bits per heavy atom. The number of hydrogen-bond donors (Lipinski definition) is 1. The van der Waals surface area contributed by atoms with Gasteiger partial charge in [0.2, 0.25) is 0 Å². The van der Waals surface area contributed by atoms with Gasteiger partial charge in [-0.3, -0.25) is 4.79 Å². The van der Waals surface area contributed by atoms with Crippen LogP contribution >= 0.6 is 11.6 Å². The van der Waals surface area contributed by atoms with Crippen LogP contribution in [0.25, 0.3) is 0 Å². The maximum Gasteiger partial charge on any atom is 0.417 e. The van der Waals surface area contributed by atoms with E-state index in [4.69, 9.17) is 16.0 Å². The quantitative estimate of drug-likeness (QED) is 0.393. The zero-order valence-electron chi connectivity index (χ0n) is 20.4. The van der Waals surface area contributed by atoms with Crippen molar-refractivity contribution in [3.05, 3.63) is 80.9 Å². The van der Waals surface area contributed by atoms with E-state index in [1.807, 2.05) is 0 Å². The van der Waals surface area contributed by atoms with Crippen LogP contribution in [0.5, 0.6) is 0 Å². The number of rotatable bonds is 4. The molecule has 1 amide bonds. The monoisotopic (exact) mass is 504 g/mol. The van der Waals surface area contributed by atoms with Crippen LogP contribution in [0, 0.1) is 6.92 Å². The lowest BCUT2D eigenvalue weighted by molar-refractivity contribution is -0.137. The second-order valence-electron chi connectivity index (χ2n) is 10.5. The summed E-state index contributed by atoms with van der Waals surface area (Å²) in [4.78, 5) is 16.2. The van der Waals surface area contributed by atoms with Gasteiger partial charge in [-0.05, 0) is 71.0 Å². The molecule has 2 heterocycles. The molecule has 4 rings (SSSR count). The van der Waals surface area contributed by atoms with E-state index in [2.05, 4.69) is 57.1 Å². The number of nitrogens with one attached hydrogen (secondary N) is 1. The van der Waals surface area contributed by atoms with Gasteiger partial charge in [0, 0.05) is 12.6 Å². The van der Waals surface area contributed by atoms with Crippen molar-refractivity contribution in [2.75, 3.05) is 5.32 Å². The third-order valence-corrected chi connectivity index (χ3v) is 7.25. The Kier molecular flexibility index (Phi) is 6.29. The molecule has 1 N–H and O–H groups in total. The number of anilines is 1. The topological polar surface area (TPSA) is 55.1 Å². The van der Waals surface area contributed by atoms with E-state index in [-0.39, 0.29) is 27.4 Å². The van der Waals surface area contributed by atoms with Gasteiger partial charge in [0.05, 0.1) is 10.6 Å². The number of pyridine rings is 1. The molecule has 186 valence electrons. The lowest BCUT2D eigenvalue weighted by Gasteiger charge is -2.42. The number of benzene rings is 1. The van der Waals surface area contributed by atoms with Crippen molar-refractivity contribution in [2.45, 2.75) is 70.9 Å². The smallest absolute Gasteiger partial charge is 0.417 e. The molecule has 0 fully saturated rings. The normalized spacial score (nSPS) is 16.6. The largest absolute Gasteiger partial charge is 0.456 e. The Morgan fingerprint density at radius 1 is 1.09 bits per heavy atom. The maximum atomic E-state index is 12.8. The van der Waals surface area contributed by atoms with Gasteiger partial charge in [0.1, 0.15) is 5.76 Å². The zero-order valence-corrected chi connectivity index (χ0v) is 21.1. The predicted octanol–water partition coefficient (Wildman–Crippen LogP) is 7.85. The molecule has 0 unspecified atom stereocenters. The van der Waals surface area contributed by atoms with Crippen LogP contribution in [0.1, 0.15) is 84.7 Å². The molecule has 8 heteroatoms. The average molecular weight is 505 g/mol. The number of hydrogen-bond acceptors (Lipinski definition) is 3. The molecule has 1 aliphatic carbocycles. The van der Waals surface area contributed by atoms with Crippen LogP contribution in [-0.2, 0) is 23.4 Å². The molecule has 0 saturated heterocycles. The van der Waals surface area contributed by atoms with Crippen LogP contribution in [0.4, 0.5) is 19.0 Å². The Morgan fingerprint density at radius 2 is 1.71 bits per heavy atom. The van der Waals surface area contributed by atoms with E-state index in [9.17, 15) is 18.0 Å². The Bertz CT molecular complexity index is 1290. The molecule has 1 aliphatic rings. The summed E-state index contributed by atoms with van der Waals surface area (Å²) in [6, 6.07) is 8.52. The van der Waals surface area contributed by atoms with E-state index >= 15 is 0 Å². The lowest BCUT2D eigenvalue weighted by atomic mass is 9.62. The molecular weight excluding hydrogens is 477 g/mol. The molecule has 1 aromatic carbocycles. The summed E-state index contributed by atoms with van der Waals surface area (Å²) in [6.07, 6.45) is -1.19. The van der Waals surface area contributed by atoms with Crippen LogP contribution in [0.15, 0.2) is 40.9 Å². The fourth-order valence-corrected chi connectivity index (χ4v) is 4.81. The van der Waals surface area contributed by atoms with Crippen molar-refractivity contribution in [3.8, 4) is 0 Å². The minimum absolute atomic E-state index is 0.0230. The van der Waals surface area contributed by atoms with E-state index in [0.29, 0.717) is 18.4 Å². The molecule has 0 radical (unpaired) electrons. The van der Waals surface area contributed by atoms with Gasteiger partial charge in [-0.15, -0.1) is 0 Å². The summed E-state index contributed by atoms with van der Waals surface area (Å²) < 4.78 is 44.2. The first-order valence-corrected chi connectivity index (χ1v) is 11.8. The van der Waals surface area contributed by atoms with Gasteiger partial charge in [-0.1, -0.05) is 51.4 Å². The van der Waals surface area contributed by atoms with Crippen molar-refractivity contribution in [1.29, 1.82) is 0 Å². The summed E-state index contributed by atoms with van der Waals surface area (Å²) in [6.45, 7) is 11.2. The molecule has 0 aliphatic heterocycles. The maximum absolute atomic E-state index is 12.8. The third kappa shape index (κ3) is 5.10. The van der Waals surface area contributed by atoms with Crippen LogP contribution in [0.2, 0.25) is 5.02 Å². The summed E-state index contributed by atoms with van der Waals surface area (Å²) in [5, 5.41) is 2.10. The SMILES string of the molecule is Cc1cc2c(cc1Cc1ccc(C(=O)Nc3ncc(C(F)(F)F)cc3Cl)o1)C(C)(C)CCC2(C)C. The molecule has 0 saturated carbocycles. The number of amides is 1. The first kappa shape index (κ1) is 25.3. The van der Waals surface area contributed by atoms with Crippen molar-refractivity contribution >= 4 is 23.3 Å². The molecule has 0 spiro atoms. The van der Waals surface area contributed by atoms with Gasteiger partial charge >= 0.3 is 6.18 Å². The number of nitrogens with zero attached hydrogens (tertiary/aromatic N) is 1. The van der Waals surface area contributed by atoms with Gasteiger partial charge in [-0.25, -0.2) is 4.98 Å². The number of fused-ring (bicyclic) bond motifs is 1. The second kappa shape index (κ2) is 8.70. The molecule has 0 bridgehead atoms. The number of aromatic nitrogens is 1. The van der Waals surface area contributed by atoms with E-state index in [0.717, 1.165) is 30.0 Å². The highest BCUT2D eigenvalue weighted by atomic mass is 35.5. The minimum atomic E-state index is -4.57. The van der Waals surface area contributed by atoms with Crippen LogP contribution in [-0.4, -0.2) is 10.9 Å². The first-order chi connectivity index (χ1) is 16.2. The third-order valence-electron chi connectivity index (χ3n) is 6.96. The van der Waals surface area contributed by atoms with Gasteiger partial charge in [0.15, 0.2) is 11.6 Å². The molecule has 2 aromatic heterocycles. The Labute approximate surface area is 207 Å². The summed E-state index contributed by atoms with van der Waals surface area (Å²) in [7, 11) is 0. The number of furan rings is 1. The summed E-state index contributed by atoms with van der Waals surface area (Å²) in [5.41, 5.74) is 4.23. The molecular formula is C27H28ClF3N2O2. The molecule has 0 atom stereocenters. The average Bonchev–Trinajstić information content (AvgIpc) is 3.22. The van der Waals surface area contributed by atoms with Crippen LogP contribution in [0.3, 0.4) is 0 Å². The zero-order chi connectivity index (χ0) is 25.8. The van der Waals surface area contributed by atoms with Gasteiger partial charge < -0.3 is 9.73 Å². The standard InChI is InChI=1S/C27H28ClF3N2O2/c1-15-10-19-20(26(4,5)9-8-25(19,2)3)12-16(15)11-18-6-7-22(35-18)24(34)33-23-21(28)13-17(14-32-23)27(29,30)31/h6-7,10,12-14H,8-9,11H2,1-5H3,(H,32,33,34). The fraction of sp³-hybridized carbons (Fsp3) is 0.407. The number of halogens is 4. The van der Waals surface area contributed by atoms with E-state index in [1.165, 1.54) is 17.2 Å². The number of aryl methyl sites for hydroxylation is 1. The molecule has 4 nitrogen and oxygen atoms in total. The summed E-state index contributed by atoms with van der Waals surface area (Å²) >= 11 is 5.89. The van der Waals surface area contributed by atoms with E-state index in [1.54, 1.807) is 6.07 Å². The Balaban J connectivity index is 1.54. The highest BCUT2D eigenvalue weighted by molar-refractivity contribution is 6.33. The van der Waals surface area contributed by atoms with E-state index < -0.39 is 17.6 Å². The second-order valence-corrected chi connectivity index (χ2v) is 10.9. The highest BCUT2D eigenvalue weighted by Crippen LogP contribution is 2.46. The molecule has 35 heavy (non-hydrogen) atoms. The van der Waals surface area contributed by atoms with Crippen LogP contribution < -0.4 is 5.32 Å². The Hall–Kier alpha value is -2.80. The number of carbonyl (C=O) groups excluding carboxylic acids is 1. The van der Waals surface area contributed by atoms with Gasteiger partial charge in [0.25, 0.3) is 5.91 Å². The minimum Gasteiger partial charge on any atom is -0.456 e. The lowest BCUT2D eigenvalue weighted by Crippen LogP contribution is -2.34. The number of alkyl halides is 3. The van der Waals surface area contributed by atoms with Crippen molar-refractivity contribution in [1.82, 2.24) is 4.98 Å². The first-order valence-electron chi connectivity index (χ1n) is 11.4.